The Morgan fingerprint density at radius 3 is 2.44 bits per heavy atom. The maximum absolute atomic E-state index is 13.2. The van der Waals surface area contributed by atoms with Crippen molar-refractivity contribution in [2.45, 2.75) is 6.92 Å². The molecule has 0 atom stereocenters. The van der Waals surface area contributed by atoms with Gasteiger partial charge in [-0.3, -0.25) is 4.79 Å². The number of halogens is 1. The van der Waals surface area contributed by atoms with Crippen molar-refractivity contribution in [1.29, 1.82) is 0 Å². The van der Waals surface area contributed by atoms with Gasteiger partial charge in [0.1, 0.15) is 28.5 Å². The summed E-state index contributed by atoms with van der Waals surface area (Å²) in [6.07, 6.45) is 1.69. The number of methoxy groups -OCH3 is 2. The van der Waals surface area contributed by atoms with Gasteiger partial charge in [-0.15, -0.1) is 0 Å². The molecule has 2 aromatic heterocycles. The van der Waals surface area contributed by atoms with E-state index >= 15 is 0 Å². The molecule has 2 heterocycles. The number of ether oxygens (including phenoxy) is 2. The number of fused-ring (bicyclic) bond motifs is 1. The number of benzene rings is 2. The van der Waals surface area contributed by atoms with Crippen LogP contribution in [0, 0.1) is 6.92 Å². The fourth-order valence-electron chi connectivity index (χ4n) is 3.05. The lowest BCUT2D eigenvalue weighted by atomic mass is 10.1. The highest BCUT2D eigenvalue weighted by Crippen LogP contribution is 2.28. The minimum absolute atomic E-state index is 0.153. The minimum Gasteiger partial charge on any atom is -0.497 e. The van der Waals surface area contributed by atoms with E-state index in [2.05, 4.69) is 31.2 Å². The van der Waals surface area contributed by atoms with E-state index in [-0.39, 0.29) is 17.0 Å². The number of aryl methyl sites for hydroxylation is 1. The first-order chi connectivity index (χ1) is 15.4. The molecule has 4 aromatic rings. The van der Waals surface area contributed by atoms with Crippen molar-refractivity contribution < 1.29 is 18.7 Å². The summed E-state index contributed by atoms with van der Waals surface area (Å²) >= 11 is 3.46. The molecule has 2 aromatic carbocycles. The molecular formula is C24H20BrN3O4. The van der Waals surface area contributed by atoms with Crippen molar-refractivity contribution in [2.75, 3.05) is 19.5 Å². The molecule has 0 saturated heterocycles. The molecule has 7 nitrogen and oxygen atoms in total. The van der Waals surface area contributed by atoms with Gasteiger partial charge in [-0.1, -0.05) is 22.0 Å². The predicted molar refractivity (Wildman–Crippen MR) is 126 cm³/mol. The fourth-order valence-corrected chi connectivity index (χ4v) is 3.43. The molecule has 162 valence electrons. The highest BCUT2D eigenvalue weighted by atomic mass is 79.9. The van der Waals surface area contributed by atoms with Crippen molar-refractivity contribution in [3.63, 3.8) is 0 Å². The molecule has 4 rings (SSSR count). The van der Waals surface area contributed by atoms with Crippen LogP contribution >= 0.6 is 15.9 Å². The average molecular weight is 494 g/mol. The summed E-state index contributed by atoms with van der Waals surface area (Å²) < 4.78 is 17.5. The smallest absolute Gasteiger partial charge is 0.262 e. The number of amides is 1. The van der Waals surface area contributed by atoms with Crippen molar-refractivity contribution in [2.24, 2.45) is 4.99 Å². The molecule has 0 saturated carbocycles. The number of rotatable bonds is 5. The lowest BCUT2D eigenvalue weighted by Gasteiger charge is -2.08. The Morgan fingerprint density at radius 1 is 1.03 bits per heavy atom. The number of carbonyl (C=O) groups is 1. The maximum atomic E-state index is 13.2. The van der Waals surface area contributed by atoms with E-state index in [1.54, 1.807) is 50.7 Å². The first kappa shape index (κ1) is 21.6. The Balaban J connectivity index is 1.87. The van der Waals surface area contributed by atoms with E-state index < -0.39 is 0 Å². The number of nitrogens with zero attached hydrogens (tertiary/aromatic N) is 2. The third-order valence-corrected chi connectivity index (χ3v) is 5.17. The van der Waals surface area contributed by atoms with Gasteiger partial charge in [0.2, 0.25) is 5.55 Å². The first-order valence-electron chi connectivity index (χ1n) is 9.70. The van der Waals surface area contributed by atoms with Crippen LogP contribution in [0.4, 0.5) is 11.5 Å². The summed E-state index contributed by atoms with van der Waals surface area (Å²) in [6.45, 7) is 1.93. The minimum atomic E-state index is -0.388. The molecule has 0 aliphatic heterocycles. The third-order valence-electron chi connectivity index (χ3n) is 4.67. The van der Waals surface area contributed by atoms with Crippen LogP contribution in [0.15, 0.2) is 74.7 Å². The van der Waals surface area contributed by atoms with Crippen LogP contribution in [0.2, 0.25) is 0 Å². The van der Waals surface area contributed by atoms with Crippen molar-refractivity contribution in [1.82, 2.24) is 4.98 Å². The molecule has 0 unspecified atom stereocenters. The van der Waals surface area contributed by atoms with Gasteiger partial charge >= 0.3 is 0 Å². The number of pyridine rings is 1. The Labute approximate surface area is 192 Å². The van der Waals surface area contributed by atoms with Crippen LogP contribution in [-0.2, 0) is 0 Å². The van der Waals surface area contributed by atoms with Gasteiger partial charge in [0, 0.05) is 34.3 Å². The van der Waals surface area contributed by atoms with Gasteiger partial charge in [-0.05, 0) is 42.8 Å². The zero-order valence-electron chi connectivity index (χ0n) is 17.7. The third kappa shape index (κ3) is 4.81. The highest BCUT2D eigenvalue weighted by Gasteiger charge is 2.14. The number of anilines is 1. The molecule has 0 fully saturated rings. The summed E-state index contributed by atoms with van der Waals surface area (Å²) in [5.41, 5.74) is 2.52. The van der Waals surface area contributed by atoms with Gasteiger partial charge in [0.15, 0.2) is 0 Å². The number of hydrogen-bond donors (Lipinski definition) is 1. The lowest BCUT2D eigenvalue weighted by Crippen LogP contribution is -2.22. The Kier molecular flexibility index (Phi) is 6.23. The van der Waals surface area contributed by atoms with E-state index in [4.69, 9.17) is 13.9 Å². The van der Waals surface area contributed by atoms with Gasteiger partial charge in [-0.2, -0.15) is 0 Å². The lowest BCUT2D eigenvalue weighted by molar-refractivity contribution is 0.102. The second-order valence-electron chi connectivity index (χ2n) is 7.00. The largest absolute Gasteiger partial charge is 0.497 e. The first-order valence-corrected chi connectivity index (χ1v) is 10.5. The van der Waals surface area contributed by atoms with Crippen LogP contribution < -0.4 is 20.3 Å². The topological polar surface area (TPSA) is 86.0 Å². The van der Waals surface area contributed by atoms with E-state index in [0.717, 1.165) is 15.4 Å². The number of hydrogen-bond acceptors (Lipinski definition) is 6. The van der Waals surface area contributed by atoms with E-state index in [1.165, 1.54) is 0 Å². The number of nitrogens with one attached hydrogen (secondary N) is 1. The number of carbonyl (C=O) groups excluding carboxylic acids is 1. The van der Waals surface area contributed by atoms with Crippen molar-refractivity contribution in [3.8, 4) is 11.5 Å². The van der Waals surface area contributed by atoms with Gasteiger partial charge in [0.25, 0.3) is 5.91 Å². The summed E-state index contributed by atoms with van der Waals surface area (Å²) in [5, 5.41) is 3.56. The quantitative estimate of drug-likeness (QED) is 0.402. The number of aromatic nitrogens is 1. The summed E-state index contributed by atoms with van der Waals surface area (Å²) in [5.74, 6) is 1.19. The standard InChI is InChI=1S/C24H20BrN3O4/c1-14-4-7-22(26-13-14)28-23(29)20-9-15-8-16(25)5-6-21(15)32-24(20)27-17-10-18(30-2)12-19(11-17)31-3/h4-13H,1-3H3,(H,26,28,29). The van der Waals surface area contributed by atoms with Crippen LogP contribution in [0.3, 0.4) is 0 Å². The summed E-state index contributed by atoms with van der Waals surface area (Å²) in [7, 11) is 3.12. The molecule has 32 heavy (non-hydrogen) atoms. The van der Waals surface area contributed by atoms with Crippen molar-refractivity contribution >= 4 is 44.3 Å². The fraction of sp³-hybridized carbons (Fsp3) is 0.125. The van der Waals surface area contributed by atoms with Crippen LogP contribution in [0.25, 0.3) is 11.0 Å². The zero-order chi connectivity index (χ0) is 22.7. The Morgan fingerprint density at radius 2 is 1.78 bits per heavy atom. The second-order valence-corrected chi connectivity index (χ2v) is 7.92. The Hall–Kier alpha value is -3.65. The monoisotopic (exact) mass is 493 g/mol. The molecule has 0 radical (unpaired) electrons. The van der Waals surface area contributed by atoms with E-state index in [9.17, 15) is 4.79 Å². The molecule has 8 heteroatoms. The molecule has 0 bridgehead atoms. The van der Waals surface area contributed by atoms with Gasteiger partial charge in [-0.25, -0.2) is 9.98 Å². The SMILES string of the molecule is COc1cc(N=c2oc3ccc(Br)cc3cc2C(=O)Nc2ccc(C)cn2)cc(OC)c1. The molecule has 0 aliphatic rings. The van der Waals surface area contributed by atoms with Crippen LogP contribution in [0.1, 0.15) is 15.9 Å². The van der Waals surface area contributed by atoms with Crippen molar-refractivity contribution in [3.05, 3.63) is 81.9 Å². The van der Waals surface area contributed by atoms with E-state index in [1.807, 2.05) is 31.2 Å². The van der Waals surface area contributed by atoms with Gasteiger partial charge in [0.05, 0.1) is 19.9 Å². The maximum Gasteiger partial charge on any atom is 0.262 e. The van der Waals surface area contributed by atoms with E-state index in [0.29, 0.717) is 28.6 Å². The van der Waals surface area contributed by atoms with Crippen LogP contribution in [-0.4, -0.2) is 25.1 Å². The molecule has 1 N–H and O–H groups in total. The molecule has 1 amide bonds. The Bertz CT molecular complexity index is 1340. The summed E-state index contributed by atoms with van der Waals surface area (Å²) in [6, 6.07) is 16.1. The normalized spacial score (nSPS) is 11.4. The van der Waals surface area contributed by atoms with Crippen LogP contribution in [0.5, 0.6) is 11.5 Å². The predicted octanol–water partition coefficient (Wildman–Crippen LogP) is 5.40. The summed E-state index contributed by atoms with van der Waals surface area (Å²) in [4.78, 5) is 22.0. The molecule has 0 spiro atoms. The molecular weight excluding hydrogens is 474 g/mol. The molecule has 0 aliphatic carbocycles. The highest BCUT2D eigenvalue weighted by molar-refractivity contribution is 9.10. The average Bonchev–Trinajstić information content (AvgIpc) is 2.80. The van der Waals surface area contributed by atoms with Gasteiger partial charge < -0.3 is 19.2 Å². The second kappa shape index (κ2) is 9.23. The zero-order valence-corrected chi connectivity index (χ0v) is 19.3.